The van der Waals surface area contributed by atoms with Crippen LogP contribution in [0.4, 0.5) is 16.2 Å². The molecule has 11 heteroatoms. The average molecular weight is 522 g/mol. The van der Waals surface area contributed by atoms with Gasteiger partial charge in [0.1, 0.15) is 0 Å². The molecule has 3 aliphatic rings. The first kappa shape index (κ1) is 25.9. The van der Waals surface area contributed by atoms with Crippen molar-refractivity contribution in [2.45, 2.75) is 6.42 Å². The van der Waals surface area contributed by atoms with Crippen molar-refractivity contribution in [2.75, 3.05) is 88.9 Å². The van der Waals surface area contributed by atoms with Crippen molar-refractivity contribution in [1.82, 2.24) is 25.0 Å². The maximum Gasteiger partial charge on any atom is 0.320 e. The van der Waals surface area contributed by atoms with Gasteiger partial charge in [-0.3, -0.25) is 14.6 Å². The molecule has 1 aromatic heterocycles. The largest absolute Gasteiger partial charge is 0.378 e. The Morgan fingerprint density at radius 1 is 0.789 bits per heavy atom. The van der Waals surface area contributed by atoms with Gasteiger partial charge in [0.05, 0.1) is 24.6 Å². The minimum atomic E-state index is -0.264. The molecule has 4 amide bonds. The van der Waals surface area contributed by atoms with E-state index in [1.807, 2.05) is 26.8 Å². The maximum atomic E-state index is 13.2. The summed E-state index contributed by atoms with van der Waals surface area (Å²) >= 11 is 0. The highest BCUT2D eigenvalue weighted by atomic mass is 16.5. The second-order valence-electron chi connectivity index (χ2n) is 9.67. The summed E-state index contributed by atoms with van der Waals surface area (Å²) in [5.74, 6) is -0.310. The lowest BCUT2D eigenvalue weighted by molar-refractivity contribution is 0.0438. The summed E-state index contributed by atoms with van der Waals surface area (Å²) in [6, 6.07) is 8.90. The van der Waals surface area contributed by atoms with Crippen molar-refractivity contribution in [2.24, 2.45) is 0 Å². The number of amides is 4. The SMILES string of the molecule is O=C(Nc1cc(C(=O)N2CCNCC2)ccc1N1CCCN(C(=O)N2CCOCC2)CC1)c1ccncc1. The highest BCUT2D eigenvalue weighted by Crippen LogP contribution is 2.30. The Hall–Kier alpha value is -3.70. The van der Waals surface area contributed by atoms with Gasteiger partial charge in [-0.15, -0.1) is 0 Å². The van der Waals surface area contributed by atoms with Gasteiger partial charge >= 0.3 is 6.03 Å². The summed E-state index contributed by atoms with van der Waals surface area (Å²) in [5, 5.41) is 6.30. The number of urea groups is 1. The van der Waals surface area contributed by atoms with Crippen LogP contribution in [0.2, 0.25) is 0 Å². The third kappa shape index (κ3) is 6.05. The molecule has 0 atom stereocenters. The molecule has 0 bridgehead atoms. The molecular formula is C27H35N7O4. The zero-order valence-corrected chi connectivity index (χ0v) is 21.6. The van der Waals surface area contributed by atoms with Crippen molar-refractivity contribution < 1.29 is 19.1 Å². The number of hydrogen-bond donors (Lipinski definition) is 2. The molecule has 202 valence electrons. The summed E-state index contributed by atoms with van der Waals surface area (Å²) in [4.78, 5) is 51.1. The van der Waals surface area contributed by atoms with Gasteiger partial charge in [0.25, 0.3) is 11.8 Å². The fraction of sp³-hybridized carbons (Fsp3) is 0.481. The van der Waals surface area contributed by atoms with E-state index in [9.17, 15) is 14.4 Å². The molecule has 2 aromatic rings. The van der Waals surface area contributed by atoms with Crippen molar-refractivity contribution >= 4 is 29.2 Å². The Kier molecular flexibility index (Phi) is 8.34. The number of nitrogens with zero attached hydrogens (tertiary/aromatic N) is 5. The fourth-order valence-corrected chi connectivity index (χ4v) is 5.10. The lowest BCUT2D eigenvalue weighted by Gasteiger charge is -2.32. The first-order chi connectivity index (χ1) is 18.6. The van der Waals surface area contributed by atoms with Crippen molar-refractivity contribution in [3.05, 3.63) is 53.9 Å². The van der Waals surface area contributed by atoms with E-state index in [0.29, 0.717) is 75.8 Å². The number of carbonyl (C=O) groups is 3. The molecule has 0 unspecified atom stereocenters. The first-order valence-electron chi connectivity index (χ1n) is 13.3. The van der Waals surface area contributed by atoms with Gasteiger partial charge in [-0.2, -0.15) is 0 Å². The molecule has 2 N–H and O–H groups in total. The lowest BCUT2D eigenvalue weighted by Crippen LogP contribution is -2.49. The van der Waals surface area contributed by atoms with Crippen LogP contribution in [0.5, 0.6) is 0 Å². The normalized spacial score (nSPS) is 18.6. The van der Waals surface area contributed by atoms with Crippen molar-refractivity contribution in [3.8, 4) is 0 Å². The van der Waals surface area contributed by atoms with E-state index in [0.717, 1.165) is 31.7 Å². The molecule has 3 saturated heterocycles. The molecule has 3 fully saturated rings. The smallest absolute Gasteiger partial charge is 0.320 e. The number of nitrogens with one attached hydrogen (secondary N) is 2. The van der Waals surface area contributed by atoms with Crippen LogP contribution in [0.15, 0.2) is 42.7 Å². The Bertz CT molecular complexity index is 1130. The molecule has 1 aromatic carbocycles. The van der Waals surface area contributed by atoms with E-state index >= 15 is 0 Å². The molecule has 11 nitrogen and oxygen atoms in total. The molecule has 0 spiro atoms. The molecule has 0 radical (unpaired) electrons. The van der Waals surface area contributed by atoms with Gasteiger partial charge in [0.15, 0.2) is 0 Å². The van der Waals surface area contributed by atoms with Crippen LogP contribution < -0.4 is 15.5 Å². The standard InChI is InChI=1S/C27H35N7O4/c35-25(21-4-6-28-7-5-21)30-23-20-22(26(36)32-12-8-29-9-13-32)2-3-24(23)31-10-1-11-33(15-14-31)27(37)34-16-18-38-19-17-34/h2-7,20,29H,1,8-19H2,(H,30,35). The Morgan fingerprint density at radius 3 is 2.29 bits per heavy atom. The lowest BCUT2D eigenvalue weighted by atomic mass is 10.1. The number of anilines is 2. The van der Waals surface area contributed by atoms with Gasteiger partial charge in [-0.05, 0) is 36.8 Å². The number of carbonyl (C=O) groups excluding carboxylic acids is 3. The number of morpholine rings is 1. The molecule has 5 rings (SSSR count). The second kappa shape index (κ2) is 12.2. The number of rotatable bonds is 4. The average Bonchev–Trinajstić information content (AvgIpc) is 3.24. The van der Waals surface area contributed by atoms with E-state index in [-0.39, 0.29) is 17.8 Å². The zero-order chi connectivity index (χ0) is 26.3. The van der Waals surface area contributed by atoms with Crippen molar-refractivity contribution in [1.29, 1.82) is 0 Å². The summed E-state index contributed by atoms with van der Waals surface area (Å²) in [6.07, 6.45) is 3.96. The predicted octanol–water partition coefficient (Wildman–Crippen LogP) is 1.34. The number of benzene rings is 1. The quantitative estimate of drug-likeness (QED) is 0.625. The number of ether oxygens (including phenoxy) is 1. The Labute approximate surface area is 222 Å². The molecule has 3 aliphatic heterocycles. The molecule has 4 heterocycles. The second-order valence-corrected chi connectivity index (χ2v) is 9.67. The van der Waals surface area contributed by atoms with E-state index in [1.54, 1.807) is 30.6 Å². The van der Waals surface area contributed by atoms with Gasteiger partial charge in [-0.25, -0.2) is 4.79 Å². The van der Waals surface area contributed by atoms with E-state index in [4.69, 9.17) is 4.74 Å². The van der Waals surface area contributed by atoms with Gasteiger partial charge in [0, 0.05) is 89.0 Å². The first-order valence-corrected chi connectivity index (χ1v) is 13.3. The van der Waals surface area contributed by atoms with E-state index in [2.05, 4.69) is 20.5 Å². The minimum absolute atomic E-state index is 0.0457. The summed E-state index contributed by atoms with van der Waals surface area (Å²) < 4.78 is 5.39. The third-order valence-electron chi connectivity index (χ3n) is 7.23. The molecular weight excluding hydrogens is 486 g/mol. The third-order valence-corrected chi connectivity index (χ3v) is 7.23. The minimum Gasteiger partial charge on any atom is -0.378 e. The number of pyridine rings is 1. The molecule has 38 heavy (non-hydrogen) atoms. The van der Waals surface area contributed by atoms with Crippen LogP contribution in [0.25, 0.3) is 0 Å². The van der Waals surface area contributed by atoms with Crippen LogP contribution in [-0.4, -0.2) is 116 Å². The van der Waals surface area contributed by atoms with Crippen molar-refractivity contribution in [3.63, 3.8) is 0 Å². The zero-order valence-electron chi connectivity index (χ0n) is 21.6. The highest BCUT2D eigenvalue weighted by Gasteiger charge is 2.27. The number of aromatic nitrogens is 1. The van der Waals surface area contributed by atoms with Crippen LogP contribution in [0, 0.1) is 0 Å². The number of piperazine rings is 1. The van der Waals surface area contributed by atoms with E-state index < -0.39 is 0 Å². The molecule has 0 aliphatic carbocycles. The number of hydrogen-bond acceptors (Lipinski definition) is 7. The fourth-order valence-electron chi connectivity index (χ4n) is 5.10. The van der Waals surface area contributed by atoms with E-state index in [1.165, 1.54) is 0 Å². The van der Waals surface area contributed by atoms with Gasteiger partial charge in [-0.1, -0.05) is 0 Å². The van der Waals surface area contributed by atoms with Crippen LogP contribution in [0.1, 0.15) is 27.1 Å². The monoisotopic (exact) mass is 521 g/mol. The highest BCUT2D eigenvalue weighted by molar-refractivity contribution is 6.07. The Morgan fingerprint density at radius 2 is 1.53 bits per heavy atom. The molecule has 0 saturated carbocycles. The van der Waals surface area contributed by atoms with Crippen LogP contribution in [0.3, 0.4) is 0 Å². The Balaban J connectivity index is 1.36. The van der Waals surface area contributed by atoms with Gasteiger partial charge < -0.3 is 35.0 Å². The maximum absolute atomic E-state index is 13.2. The van der Waals surface area contributed by atoms with Gasteiger partial charge in [0.2, 0.25) is 0 Å². The summed E-state index contributed by atoms with van der Waals surface area (Å²) in [5.41, 5.74) is 2.45. The summed E-state index contributed by atoms with van der Waals surface area (Å²) in [7, 11) is 0. The topological polar surface area (TPSA) is 110 Å². The summed E-state index contributed by atoms with van der Waals surface area (Å²) in [6.45, 7) is 7.83. The predicted molar refractivity (Wildman–Crippen MR) is 144 cm³/mol. The van der Waals surface area contributed by atoms with Crippen LogP contribution in [-0.2, 0) is 4.74 Å². The van der Waals surface area contributed by atoms with Crippen LogP contribution >= 0.6 is 0 Å².